The number of anilines is 1. The molecule has 0 aliphatic carbocycles. The van der Waals surface area contributed by atoms with Crippen LogP contribution in [0.4, 0.5) is 10.5 Å². The van der Waals surface area contributed by atoms with Gasteiger partial charge in [-0.25, -0.2) is 0 Å². The Morgan fingerprint density at radius 3 is 2.61 bits per heavy atom. The number of hydrogen-bond donors (Lipinski definition) is 2. The standard InChI is InChI=1S/C24H26N4O4S/c1-24(2)22(30)28(23(31)33-24)14-15-3-4-20-18(10-15)19(21(29)26-20)11-17-9-16(12-25-17)13-27-5-7-32-8-6-27/h3-4,9-12,25H,5-8,13-14H2,1-2H3,(H,26,29). The number of H-pyrrole nitrogens is 1. The van der Waals surface area contributed by atoms with Crippen LogP contribution in [0.2, 0.25) is 0 Å². The number of benzene rings is 1. The number of aromatic nitrogens is 1. The lowest BCUT2D eigenvalue weighted by atomic mass is 10.0. The molecule has 8 nitrogen and oxygen atoms in total. The van der Waals surface area contributed by atoms with E-state index in [1.807, 2.05) is 30.5 Å². The summed E-state index contributed by atoms with van der Waals surface area (Å²) in [5.74, 6) is -0.362. The number of fused-ring (bicyclic) bond motifs is 1. The van der Waals surface area contributed by atoms with Crippen LogP contribution in [0.1, 0.15) is 36.2 Å². The van der Waals surface area contributed by atoms with Crippen LogP contribution in [0.3, 0.4) is 0 Å². The number of rotatable bonds is 5. The van der Waals surface area contributed by atoms with Crippen molar-refractivity contribution in [3.05, 3.63) is 52.8 Å². The molecular weight excluding hydrogens is 440 g/mol. The van der Waals surface area contributed by atoms with Gasteiger partial charge >= 0.3 is 0 Å². The topological polar surface area (TPSA) is 94.7 Å². The molecule has 2 fully saturated rings. The summed E-state index contributed by atoms with van der Waals surface area (Å²) in [5.41, 5.74) is 4.86. The van der Waals surface area contributed by atoms with E-state index >= 15 is 0 Å². The lowest BCUT2D eigenvalue weighted by Gasteiger charge is -2.25. The Morgan fingerprint density at radius 1 is 1.09 bits per heavy atom. The normalized spacial score (nSPS) is 21.7. The highest BCUT2D eigenvalue weighted by molar-refractivity contribution is 8.16. The molecule has 0 radical (unpaired) electrons. The molecule has 3 amide bonds. The quantitative estimate of drug-likeness (QED) is 0.657. The highest BCUT2D eigenvalue weighted by Gasteiger charge is 2.45. The smallest absolute Gasteiger partial charge is 0.289 e. The summed E-state index contributed by atoms with van der Waals surface area (Å²) in [4.78, 5) is 44.4. The van der Waals surface area contributed by atoms with Gasteiger partial charge in [-0.1, -0.05) is 6.07 Å². The Kier molecular flexibility index (Phi) is 5.64. The number of carbonyl (C=O) groups is 3. The number of morpholine rings is 1. The molecule has 2 saturated heterocycles. The van der Waals surface area contributed by atoms with E-state index in [2.05, 4.69) is 21.3 Å². The summed E-state index contributed by atoms with van der Waals surface area (Å²) >= 11 is 1.05. The molecule has 4 heterocycles. The van der Waals surface area contributed by atoms with Crippen molar-refractivity contribution < 1.29 is 19.1 Å². The van der Waals surface area contributed by atoms with Crippen molar-refractivity contribution in [3.8, 4) is 0 Å². The van der Waals surface area contributed by atoms with Gasteiger partial charge in [0.15, 0.2) is 0 Å². The summed E-state index contributed by atoms with van der Waals surface area (Å²) in [6, 6.07) is 7.60. The maximum Gasteiger partial charge on any atom is 0.289 e. The minimum Gasteiger partial charge on any atom is -0.379 e. The molecule has 3 aliphatic rings. The van der Waals surface area contributed by atoms with Gasteiger partial charge in [0.2, 0.25) is 5.91 Å². The van der Waals surface area contributed by atoms with Crippen LogP contribution >= 0.6 is 11.8 Å². The Hall–Kier alpha value is -2.88. The number of nitrogens with one attached hydrogen (secondary N) is 2. The van der Waals surface area contributed by atoms with Crippen molar-refractivity contribution in [2.45, 2.75) is 31.7 Å². The highest BCUT2D eigenvalue weighted by atomic mass is 32.2. The number of thioether (sulfide) groups is 1. The maximum atomic E-state index is 12.7. The third-order valence-corrected chi connectivity index (χ3v) is 7.19. The zero-order valence-corrected chi connectivity index (χ0v) is 19.5. The average molecular weight is 467 g/mol. The van der Waals surface area contributed by atoms with E-state index in [9.17, 15) is 14.4 Å². The highest BCUT2D eigenvalue weighted by Crippen LogP contribution is 2.38. The number of nitrogens with zero attached hydrogens (tertiary/aromatic N) is 2. The minimum atomic E-state index is -0.747. The van der Waals surface area contributed by atoms with E-state index in [0.29, 0.717) is 5.57 Å². The van der Waals surface area contributed by atoms with Gasteiger partial charge in [-0.2, -0.15) is 0 Å². The minimum absolute atomic E-state index is 0.170. The molecule has 2 N–H and O–H groups in total. The van der Waals surface area contributed by atoms with Crippen LogP contribution < -0.4 is 5.32 Å². The third-order valence-electron chi connectivity index (χ3n) is 6.11. The number of ether oxygens (including phenoxy) is 1. The van der Waals surface area contributed by atoms with Crippen LogP contribution in [0.15, 0.2) is 30.5 Å². The van der Waals surface area contributed by atoms with E-state index in [4.69, 9.17) is 4.74 Å². The number of aromatic amines is 1. The molecule has 5 rings (SSSR count). The van der Waals surface area contributed by atoms with Gasteiger partial charge in [-0.3, -0.25) is 24.2 Å². The fourth-order valence-electron chi connectivity index (χ4n) is 4.33. The summed E-state index contributed by atoms with van der Waals surface area (Å²) in [6.07, 6.45) is 3.81. The Balaban J connectivity index is 1.36. The summed E-state index contributed by atoms with van der Waals surface area (Å²) in [7, 11) is 0. The molecule has 172 valence electrons. The molecule has 9 heteroatoms. The zero-order valence-electron chi connectivity index (χ0n) is 18.6. The SMILES string of the molecule is CC1(C)SC(=O)N(Cc2ccc3c(c2)C(=Cc2cc(CN4CCOCC4)c[nH]2)C(=O)N3)C1=O. The number of imide groups is 1. The molecule has 0 atom stereocenters. The van der Waals surface area contributed by atoms with Crippen molar-refractivity contribution in [1.29, 1.82) is 0 Å². The van der Waals surface area contributed by atoms with Gasteiger partial charge in [0, 0.05) is 42.8 Å². The Bertz CT molecular complexity index is 1160. The fourth-order valence-corrected chi connectivity index (χ4v) is 5.22. The van der Waals surface area contributed by atoms with Gasteiger partial charge in [0.1, 0.15) is 0 Å². The lowest BCUT2D eigenvalue weighted by Crippen LogP contribution is -2.35. The van der Waals surface area contributed by atoms with Gasteiger partial charge < -0.3 is 15.0 Å². The maximum absolute atomic E-state index is 12.7. The number of carbonyl (C=O) groups excluding carboxylic acids is 3. The fraction of sp³-hybridized carbons (Fsp3) is 0.375. The van der Waals surface area contributed by atoms with Crippen LogP contribution in [-0.4, -0.2) is 62.9 Å². The average Bonchev–Trinajstić information content (AvgIpc) is 3.40. The van der Waals surface area contributed by atoms with Crippen molar-refractivity contribution in [1.82, 2.24) is 14.8 Å². The Labute approximate surface area is 196 Å². The first-order chi connectivity index (χ1) is 15.8. The van der Waals surface area contributed by atoms with Gasteiger partial charge in [-0.15, -0.1) is 0 Å². The second kappa shape index (κ2) is 8.48. The number of amides is 3. The Morgan fingerprint density at radius 2 is 1.88 bits per heavy atom. The van der Waals surface area contributed by atoms with Gasteiger partial charge in [0.25, 0.3) is 11.1 Å². The van der Waals surface area contributed by atoms with Gasteiger partial charge in [-0.05, 0) is 61.0 Å². The van der Waals surface area contributed by atoms with Crippen molar-refractivity contribution in [2.24, 2.45) is 0 Å². The largest absolute Gasteiger partial charge is 0.379 e. The van der Waals surface area contributed by atoms with Crippen LogP contribution in [0, 0.1) is 0 Å². The van der Waals surface area contributed by atoms with Crippen LogP contribution in [0.5, 0.6) is 0 Å². The first kappa shape index (κ1) is 21.9. The second-order valence-corrected chi connectivity index (χ2v) is 10.6. The molecule has 1 aromatic heterocycles. The van der Waals surface area contributed by atoms with E-state index < -0.39 is 4.75 Å². The van der Waals surface area contributed by atoms with Crippen molar-refractivity contribution in [2.75, 3.05) is 31.6 Å². The molecule has 1 aromatic carbocycles. The molecule has 0 saturated carbocycles. The monoisotopic (exact) mass is 466 g/mol. The van der Waals surface area contributed by atoms with Crippen LogP contribution in [0.25, 0.3) is 11.6 Å². The predicted molar refractivity (Wildman–Crippen MR) is 127 cm³/mol. The van der Waals surface area contributed by atoms with E-state index in [0.717, 1.165) is 72.7 Å². The first-order valence-corrected chi connectivity index (χ1v) is 11.8. The summed E-state index contributed by atoms with van der Waals surface area (Å²) < 4.78 is 4.66. The van der Waals surface area contributed by atoms with E-state index in [1.165, 1.54) is 4.90 Å². The van der Waals surface area contributed by atoms with E-state index in [1.54, 1.807) is 13.8 Å². The van der Waals surface area contributed by atoms with Crippen molar-refractivity contribution >= 4 is 46.2 Å². The summed E-state index contributed by atoms with van der Waals surface area (Å²) in [5, 5.41) is 2.66. The van der Waals surface area contributed by atoms with Crippen LogP contribution in [-0.2, 0) is 27.4 Å². The van der Waals surface area contributed by atoms with E-state index in [-0.39, 0.29) is 23.6 Å². The molecular formula is C24H26N4O4S. The number of hydrogen-bond acceptors (Lipinski definition) is 6. The lowest BCUT2D eigenvalue weighted by molar-refractivity contribution is -0.129. The molecule has 33 heavy (non-hydrogen) atoms. The molecule has 2 aromatic rings. The predicted octanol–water partition coefficient (Wildman–Crippen LogP) is 3.31. The summed E-state index contributed by atoms with van der Waals surface area (Å²) in [6.45, 7) is 7.88. The third kappa shape index (κ3) is 4.36. The molecule has 0 bridgehead atoms. The van der Waals surface area contributed by atoms with Gasteiger partial charge in [0.05, 0.1) is 30.1 Å². The zero-order chi connectivity index (χ0) is 23.2. The molecule has 3 aliphatic heterocycles. The first-order valence-electron chi connectivity index (χ1n) is 11.0. The second-order valence-electron chi connectivity index (χ2n) is 9.01. The molecule has 0 unspecified atom stereocenters. The van der Waals surface area contributed by atoms with Crippen molar-refractivity contribution in [3.63, 3.8) is 0 Å². The molecule has 0 spiro atoms.